The molecule has 4 nitrogen and oxygen atoms in total. The third-order valence-electron chi connectivity index (χ3n) is 3.09. The maximum absolute atomic E-state index is 5.72. The van der Waals surface area contributed by atoms with Crippen LogP contribution in [0.25, 0.3) is 4.96 Å². The van der Waals surface area contributed by atoms with E-state index < -0.39 is 0 Å². The summed E-state index contributed by atoms with van der Waals surface area (Å²) in [5.41, 5.74) is 5.00. The average molecular weight is 416 g/mol. The smallest absolute Gasteiger partial charge is 0.193 e. The van der Waals surface area contributed by atoms with E-state index in [4.69, 9.17) is 5.84 Å². The van der Waals surface area contributed by atoms with Gasteiger partial charge >= 0.3 is 0 Å². The molecule has 0 saturated carbocycles. The van der Waals surface area contributed by atoms with Crippen LogP contribution in [0.4, 0.5) is 0 Å². The van der Waals surface area contributed by atoms with E-state index >= 15 is 0 Å². The van der Waals surface area contributed by atoms with Crippen LogP contribution in [0.2, 0.25) is 0 Å². The molecule has 20 heavy (non-hydrogen) atoms. The number of benzene rings is 1. The van der Waals surface area contributed by atoms with E-state index in [1.807, 2.05) is 34.3 Å². The molecule has 0 saturated heterocycles. The van der Waals surface area contributed by atoms with Crippen molar-refractivity contribution in [3.8, 4) is 0 Å². The van der Waals surface area contributed by atoms with Gasteiger partial charge in [0.05, 0.1) is 11.7 Å². The van der Waals surface area contributed by atoms with Crippen LogP contribution in [-0.4, -0.2) is 9.38 Å². The monoisotopic (exact) mass is 414 g/mol. The Balaban J connectivity index is 1.89. The molecule has 0 aliphatic carbocycles. The van der Waals surface area contributed by atoms with Crippen LogP contribution in [0.3, 0.4) is 0 Å². The van der Waals surface area contributed by atoms with Gasteiger partial charge in [0, 0.05) is 33.1 Å². The minimum Gasteiger partial charge on any atom is -0.297 e. The number of nitrogens with one attached hydrogen (secondary N) is 1. The molecule has 1 unspecified atom stereocenters. The molecule has 0 amide bonds. The van der Waals surface area contributed by atoms with Crippen LogP contribution in [0.1, 0.15) is 17.3 Å². The van der Waals surface area contributed by atoms with Crippen molar-refractivity contribution in [3.63, 3.8) is 0 Å². The quantitative estimate of drug-likeness (QED) is 0.504. The van der Waals surface area contributed by atoms with E-state index in [0.29, 0.717) is 0 Å². The number of nitrogens with zero attached hydrogens (tertiary/aromatic N) is 2. The molecular formula is C13H12Br2N4S. The number of fused-ring (bicyclic) bond motifs is 1. The molecule has 0 fully saturated rings. The van der Waals surface area contributed by atoms with Crippen LogP contribution in [0, 0.1) is 0 Å². The molecule has 1 aromatic carbocycles. The van der Waals surface area contributed by atoms with Gasteiger partial charge in [0.2, 0.25) is 0 Å². The Bertz CT molecular complexity index is 708. The maximum atomic E-state index is 5.72. The summed E-state index contributed by atoms with van der Waals surface area (Å²) in [6, 6.07) is 6.07. The Morgan fingerprint density at radius 2 is 2.25 bits per heavy atom. The van der Waals surface area contributed by atoms with Crippen LogP contribution < -0.4 is 11.3 Å². The first-order valence-electron chi connectivity index (χ1n) is 5.99. The summed E-state index contributed by atoms with van der Waals surface area (Å²) in [4.78, 5) is 5.60. The van der Waals surface area contributed by atoms with Gasteiger partial charge in [-0.15, -0.1) is 11.3 Å². The van der Waals surface area contributed by atoms with Crippen LogP contribution in [0.15, 0.2) is 44.9 Å². The van der Waals surface area contributed by atoms with Crippen molar-refractivity contribution in [3.05, 3.63) is 56.2 Å². The third kappa shape index (κ3) is 2.82. The van der Waals surface area contributed by atoms with Gasteiger partial charge in [0.15, 0.2) is 4.96 Å². The van der Waals surface area contributed by atoms with Gasteiger partial charge in [-0.2, -0.15) is 0 Å². The van der Waals surface area contributed by atoms with E-state index in [0.717, 1.165) is 31.6 Å². The molecule has 104 valence electrons. The highest BCUT2D eigenvalue weighted by atomic mass is 79.9. The summed E-state index contributed by atoms with van der Waals surface area (Å²) in [6.45, 7) is 0. The first kappa shape index (κ1) is 14.2. The lowest BCUT2D eigenvalue weighted by Gasteiger charge is -2.17. The number of thiazole rings is 1. The van der Waals surface area contributed by atoms with Gasteiger partial charge in [-0.3, -0.25) is 15.7 Å². The van der Waals surface area contributed by atoms with Gasteiger partial charge in [-0.05, 0) is 23.8 Å². The number of hydrazine groups is 1. The van der Waals surface area contributed by atoms with Crippen LogP contribution >= 0.6 is 43.2 Å². The minimum absolute atomic E-state index is 0.00600. The zero-order chi connectivity index (χ0) is 14.1. The summed E-state index contributed by atoms with van der Waals surface area (Å²) < 4.78 is 4.09. The lowest BCUT2D eigenvalue weighted by atomic mass is 10.0. The van der Waals surface area contributed by atoms with Crippen LogP contribution in [-0.2, 0) is 6.42 Å². The lowest BCUT2D eigenvalue weighted by Crippen LogP contribution is -2.30. The van der Waals surface area contributed by atoms with Crippen molar-refractivity contribution in [1.82, 2.24) is 14.8 Å². The summed E-state index contributed by atoms with van der Waals surface area (Å²) in [7, 11) is 0. The normalized spacial score (nSPS) is 12.9. The van der Waals surface area contributed by atoms with E-state index in [2.05, 4.69) is 48.3 Å². The SMILES string of the molecule is NNC(Cc1cn2ccsc2n1)c1cc(Br)ccc1Br. The summed E-state index contributed by atoms with van der Waals surface area (Å²) >= 11 is 8.69. The zero-order valence-corrected chi connectivity index (χ0v) is 14.4. The molecule has 0 aliphatic heterocycles. The van der Waals surface area contributed by atoms with Crippen molar-refractivity contribution < 1.29 is 0 Å². The Morgan fingerprint density at radius 1 is 1.40 bits per heavy atom. The number of hydrogen-bond donors (Lipinski definition) is 2. The molecule has 0 radical (unpaired) electrons. The van der Waals surface area contributed by atoms with Gasteiger partial charge in [-0.25, -0.2) is 4.98 Å². The predicted octanol–water partition coefficient (Wildman–Crippen LogP) is 3.67. The van der Waals surface area contributed by atoms with Gasteiger partial charge in [0.1, 0.15) is 0 Å². The number of halogens is 2. The molecule has 1 atom stereocenters. The second kappa shape index (κ2) is 5.95. The highest BCUT2D eigenvalue weighted by Crippen LogP contribution is 2.28. The fraction of sp³-hybridized carbons (Fsp3) is 0.154. The van der Waals surface area contributed by atoms with Gasteiger partial charge < -0.3 is 0 Å². The summed E-state index contributed by atoms with van der Waals surface area (Å²) in [5, 5.41) is 2.02. The first-order valence-corrected chi connectivity index (χ1v) is 8.46. The second-order valence-corrected chi connectivity index (χ2v) is 7.06. The molecule has 3 rings (SSSR count). The van der Waals surface area contributed by atoms with Crippen molar-refractivity contribution in [2.75, 3.05) is 0 Å². The molecule has 0 aliphatic rings. The van der Waals surface area contributed by atoms with Crippen LogP contribution in [0.5, 0.6) is 0 Å². The predicted molar refractivity (Wildman–Crippen MR) is 88.7 cm³/mol. The van der Waals surface area contributed by atoms with Crippen molar-refractivity contribution in [1.29, 1.82) is 0 Å². The average Bonchev–Trinajstić information content (AvgIpc) is 3.00. The maximum Gasteiger partial charge on any atom is 0.193 e. The van der Waals surface area contributed by atoms with Gasteiger partial charge in [0.25, 0.3) is 0 Å². The number of nitrogens with two attached hydrogens (primary N) is 1. The molecule has 3 aromatic rings. The zero-order valence-electron chi connectivity index (χ0n) is 10.4. The van der Waals surface area contributed by atoms with Crippen molar-refractivity contribution in [2.24, 2.45) is 5.84 Å². The second-order valence-electron chi connectivity index (χ2n) is 4.41. The standard InChI is InChI=1S/C13H12Br2N4S/c14-8-1-2-11(15)10(5-8)12(18-16)6-9-7-19-3-4-20-13(19)17-9/h1-5,7,12,18H,6,16H2. The Kier molecular flexibility index (Phi) is 4.23. The number of imidazole rings is 1. The highest BCUT2D eigenvalue weighted by Gasteiger charge is 2.16. The van der Waals surface area contributed by atoms with E-state index in [1.54, 1.807) is 11.3 Å². The van der Waals surface area contributed by atoms with Crippen molar-refractivity contribution in [2.45, 2.75) is 12.5 Å². The summed E-state index contributed by atoms with van der Waals surface area (Å²) in [6.07, 6.45) is 4.79. The Hall–Kier alpha value is -0.730. The minimum atomic E-state index is 0.00600. The Labute approximate surface area is 137 Å². The fourth-order valence-electron chi connectivity index (χ4n) is 2.12. The molecule has 7 heteroatoms. The molecule has 2 heterocycles. The lowest BCUT2D eigenvalue weighted by molar-refractivity contribution is 0.545. The highest BCUT2D eigenvalue weighted by molar-refractivity contribution is 9.11. The van der Waals surface area contributed by atoms with Gasteiger partial charge in [-0.1, -0.05) is 31.9 Å². The van der Waals surface area contributed by atoms with Crippen molar-refractivity contribution >= 4 is 48.2 Å². The van der Waals surface area contributed by atoms with E-state index in [1.165, 1.54) is 0 Å². The number of hydrogen-bond acceptors (Lipinski definition) is 4. The molecule has 3 N–H and O–H groups in total. The third-order valence-corrected chi connectivity index (χ3v) is 5.08. The summed E-state index contributed by atoms with van der Waals surface area (Å²) in [5.74, 6) is 5.72. The number of aromatic nitrogens is 2. The molecule has 0 spiro atoms. The van der Waals surface area contributed by atoms with E-state index in [-0.39, 0.29) is 6.04 Å². The Morgan fingerprint density at radius 3 is 3.00 bits per heavy atom. The van der Waals surface area contributed by atoms with E-state index in [9.17, 15) is 0 Å². The first-order chi connectivity index (χ1) is 9.67. The molecule has 0 bridgehead atoms. The molecular weight excluding hydrogens is 404 g/mol. The largest absolute Gasteiger partial charge is 0.297 e. The molecule has 2 aromatic heterocycles. The topological polar surface area (TPSA) is 55.3 Å². The fourth-order valence-corrected chi connectivity index (χ4v) is 3.74. The number of rotatable bonds is 4.